The minimum atomic E-state index is -0.632. The molecule has 1 N–H and O–H groups in total. The molecular formula is C22H28N2O6. The van der Waals surface area contributed by atoms with Gasteiger partial charge in [0.05, 0.1) is 18.7 Å². The molecule has 1 aromatic heterocycles. The Morgan fingerprint density at radius 1 is 1.27 bits per heavy atom. The van der Waals surface area contributed by atoms with Crippen molar-refractivity contribution in [3.8, 4) is 0 Å². The van der Waals surface area contributed by atoms with E-state index in [-0.39, 0.29) is 24.3 Å². The van der Waals surface area contributed by atoms with Gasteiger partial charge in [0.2, 0.25) is 5.43 Å². The van der Waals surface area contributed by atoms with Gasteiger partial charge in [0, 0.05) is 23.7 Å². The van der Waals surface area contributed by atoms with Crippen LogP contribution in [0.4, 0.5) is 4.79 Å². The van der Waals surface area contributed by atoms with Crippen LogP contribution in [0.25, 0.3) is 10.9 Å². The summed E-state index contributed by atoms with van der Waals surface area (Å²) in [5.74, 6) is -0.632. The average Bonchev–Trinajstić information content (AvgIpc) is 2.66. The number of hydrogen-bond donors (Lipinski definition) is 1. The second-order valence-corrected chi connectivity index (χ2v) is 8.22. The van der Waals surface area contributed by atoms with E-state index in [9.17, 15) is 14.4 Å². The summed E-state index contributed by atoms with van der Waals surface area (Å²) in [5.41, 5.74) is 1.76. The van der Waals surface area contributed by atoms with Crippen molar-refractivity contribution in [2.75, 3.05) is 13.2 Å². The van der Waals surface area contributed by atoms with E-state index < -0.39 is 17.7 Å². The Morgan fingerprint density at radius 2 is 2.03 bits per heavy atom. The lowest BCUT2D eigenvalue weighted by Crippen LogP contribution is -2.33. The van der Waals surface area contributed by atoms with Crippen molar-refractivity contribution in [3.63, 3.8) is 0 Å². The Hall–Kier alpha value is -2.87. The number of aryl methyl sites for hydroxylation is 1. The highest BCUT2D eigenvalue weighted by Crippen LogP contribution is 2.25. The number of rotatable bonds is 6. The molecule has 0 saturated heterocycles. The van der Waals surface area contributed by atoms with Gasteiger partial charge in [-0.3, -0.25) is 4.79 Å². The first-order valence-corrected chi connectivity index (χ1v) is 10.1. The fourth-order valence-electron chi connectivity index (χ4n) is 3.46. The zero-order chi connectivity index (χ0) is 21.9. The number of nitrogens with one attached hydrogen (secondary N) is 1. The summed E-state index contributed by atoms with van der Waals surface area (Å²) in [5, 5.41) is 3.21. The van der Waals surface area contributed by atoms with E-state index in [1.54, 1.807) is 11.5 Å². The lowest BCUT2D eigenvalue weighted by molar-refractivity contribution is 0.0502. The molecule has 8 nitrogen and oxygen atoms in total. The van der Waals surface area contributed by atoms with Gasteiger partial charge in [-0.2, -0.15) is 0 Å². The van der Waals surface area contributed by atoms with Crippen LogP contribution in [-0.4, -0.2) is 35.4 Å². The van der Waals surface area contributed by atoms with Gasteiger partial charge in [0.1, 0.15) is 17.9 Å². The molecule has 162 valence electrons. The van der Waals surface area contributed by atoms with E-state index in [0.717, 1.165) is 16.6 Å². The summed E-state index contributed by atoms with van der Waals surface area (Å²) in [6.07, 6.45) is 2.39. The highest BCUT2D eigenvalue weighted by Gasteiger charge is 2.21. The summed E-state index contributed by atoms with van der Waals surface area (Å²) in [4.78, 5) is 36.9. The number of hydrogen-bond acceptors (Lipinski definition) is 6. The standard InChI is InChI=1S/C22H28N2O6/c1-5-29-20(26)17-11-24-13-28-12-15-9-14(10-16(18(15)24)19(17)25)7-6-8-23-21(27)30-22(2,3)4/h9-11H,5-8,12-13H2,1-4H3,(H,23,27). The first-order chi connectivity index (χ1) is 14.2. The fraction of sp³-hybridized carbons (Fsp3) is 0.500. The molecule has 1 aliphatic rings. The Balaban J connectivity index is 1.80. The molecule has 1 amide bonds. The molecule has 8 heteroatoms. The SMILES string of the molecule is CCOC(=O)c1cn2c3c(cc(CCCNC(=O)OC(C)(C)C)cc3c1=O)COC2. The fourth-order valence-corrected chi connectivity index (χ4v) is 3.46. The van der Waals surface area contributed by atoms with Crippen molar-refractivity contribution in [3.05, 3.63) is 45.2 Å². The number of nitrogens with zero attached hydrogens (tertiary/aromatic N) is 1. The number of carbonyl (C=O) groups excluding carboxylic acids is 2. The van der Waals surface area contributed by atoms with Crippen LogP contribution in [0.1, 0.15) is 55.6 Å². The largest absolute Gasteiger partial charge is 0.462 e. The number of esters is 1. The first kappa shape index (κ1) is 21.8. The zero-order valence-corrected chi connectivity index (χ0v) is 17.9. The molecule has 0 radical (unpaired) electrons. The highest BCUT2D eigenvalue weighted by molar-refractivity contribution is 5.94. The lowest BCUT2D eigenvalue weighted by Gasteiger charge is -2.22. The van der Waals surface area contributed by atoms with Crippen molar-refractivity contribution in [1.29, 1.82) is 0 Å². The number of benzene rings is 1. The summed E-state index contributed by atoms with van der Waals surface area (Å²) >= 11 is 0. The maximum atomic E-state index is 13.0. The molecule has 0 unspecified atom stereocenters. The summed E-state index contributed by atoms with van der Waals surface area (Å²) in [6, 6.07) is 3.83. The Labute approximate surface area is 175 Å². The second-order valence-electron chi connectivity index (χ2n) is 8.22. The minimum Gasteiger partial charge on any atom is -0.462 e. The Kier molecular flexibility index (Phi) is 6.45. The van der Waals surface area contributed by atoms with Gasteiger partial charge in [0.15, 0.2) is 0 Å². The second kappa shape index (κ2) is 8.87. The molecule has 0 fully saturated rings. The maximum Gasteiger partial charge on any atom is 0.407 e. The highest BCUT2D eigenvalue weighted by atomic mass is 16.6. The van der Waals surface area contributed by atoms with E-state index >= 15 is 0 Å². The van der Waals surface area contributed by atoms with E-state index in [4.69, 9.17) is 14.2 Å². The predicted octanol–water partition coefficient (Wildman–Crippen LogP) is 3.12. The van der Waals surface area contributed by atoms with Crippen molar-refractivity contribution in [1.82, 2.24) is 9.88 Å². The molecule has 1 aliphatic heterocycles. The first-order valence-electron chi connectivity index (χ1n) is 10.1. The molecule has 1 aromatic carbocycles. The van der Waals surface area contributed by atoms with Crippen LogP contribution in [0.15, 0.2) is 23.1 Å². The number of aromatic nitrogens is 1. The van der Waals surface area contributed by atoms with Crippen molar-refractivity contribution in [2.45, 2.75) is 59.5 Å². The van der Waals surface area contributed by atoms with Gasteiger partial charge in [-0.15, -0.1) is 0 Å². The molecular weight excluding hydrogens is 388 g/mol. The quantitative estimate of drug-likeness (QED) is 0.574. The normalized spacial score (nSPS) is 13.2. The number of pyridine rings is 1. The Bertz CT molecular complexity index is 1020. The predicted molar refractivity (Wildman–Crippen MR) is 112 cm³/mol. The topological polar surface area (TPSA) is 95.9 Å². The third-order valence-electron chi connectivity index (χ3n) is 4.60. The van der Waals surface area contributed by atoms with Gasteiger partial charge in [-0.25, -0.2) is 9.59 Å². The molecule has 0 saturated carbocycles. The van der Waals surface area contributed by atoms with E-state index in [2.05, 4.69) is 5.32 Å². The van der Waals surface area contributed by atoms with Gasteiger partial charge in [0.25, 0.3) is 0 Å². The van der Waals surface area contributed by atoms with Crippen molar-refractivity contribution >= 4 is 23.0 Å². The molecule has 2 heterocycles. The molecule has 0 atom stereocenters. The van der Waals surface area contributed by atoms with Gasteiger partial charge in [-0.1, -0.05) is 6.07 Å². The smallest absolute Gasteiger partial charge is 0.407 e. The molecule has 2 aromatic rings. The van der Waals surface area contributed by atoms with Gasteiger partial charge < -0.3 is 24.1 Å². The number of carbonyl (C=O) groups is 2. The summed E-state index contributed by atoms with van der Waals surface area (Å²) < 4.78 is 17.6. The lowest BCUT2D eigenvalue weighted by atomic mass is 10.00. The summed E-state index contributed by atoms with van der Waals surface area (Å²) in [7, 11) is 0. The van der Waals surface area contributed by atoms with Gasteiger partial charge >= 0.3 is 12.1 Å². The molecule has 3 rings (SSSR count). The van der Waals surface area contributed by atoms with Crippen LogP contribution in [0.5, 0.6) is 0 Å². The van der Waals surface area contributed by atoms with Crippen molar-refractivity contribution in [2.24, 2.45) is 0 Å². The van der Waals surface area contributed by atoms with E-state index in [0.29, 0.717) is 31.4 Å². The molecule has 30 heavy (non-hydrogen) atoms. The average molecular weight is 416 g/mol. The maximum absolute atomic E-state index is 13.0. The van der Waals surface area contributed by atoms with Crippen LogP contribution in [-0.2, 0) is 34.0 Å². The van der Waals surface area contributed by atoms with Crippen LogP contribution in [0.2, 0.25) is 0 Å². The zero-order valence-electron chi connectivity index (χ0n) is 17.9. The third kappa shape index (κ3) is 4.99. The monoisotopic (exact) mass is 416 g/mol. The molecule has 0 bridgehead atoms. The van der Waals surface area contributed by atoms with Crippen LogP contribution < -0.4 is 10.7 Å². The minimum absolute atomic E-state index is 0.00421. The summed E-state index contributed by atoms with van der Waals surface area (Å²) in [6.45, 7) is 8.46. The van der Waals surface area contributed by atoms with Crippen LogP contribution >= 0.6 is 0 Å². The van der Waals surface area contributed by atoms with E-state index in [1.807, 2.05) is 32.9 Å². The number of amides is 1. The van der Waals surface area contributed by atoms with Gasteiger partial charge in [-0.05, 0) is 52.2 Å². The number of alkyl carbamates (subject to hydrolysis) is 1. The Morgan fingerprint density at radius 3 is 2.73 bits per heavy atom. The molecule has 0 aliphatic carbocycles. The number of ether oxygens (including phenoxy) is 3. The van der Waals surface area contributed by atoms with E-state index in [1.165, 1.54) is 6.20 Å². The van der Waals surface area contributed by atoms with Crippen molar-refractivity contribution < 1.29 is 23.8 Å². The van der Waals surface area contributed by atoms with Crippen LogP contribution in [0, 0.1) is 0 Å². The molecule has 0 spiro atoms. The third-order valence-corrected chi connectivity index (χ3v) is 4.60. The van der Waals surface area contributed by atoms with Crippen LogP contribution in [0.3, 0.4) is 0 Å².